The average Bonchev–Trinajstić information content (AvgIpc) is 3.33. The second-order valence-corrected chi connectivity index (χ2v) is 6.90. The van der Waals surface area contributed by atoms with Crippen molar-refractivity contribution in [3.8, 4) is 17.2 Å². The Morgan fingerprint density at radius 1 is 0.966 bits per heavy atom. The first-order chi connectivity index (χ1) is 14.1. The van der Waals surface area contributed by atoms with E-state index >= 15 is 0 Å². The number of rotatable bonds is 3. The van der Waals surface area contributed by atoms with Crippen LogP contribution in [-0.2, 0) is 0 Å². The summed E-state index contributed by atoms with van der Waals surface area (Å²) in [5.74, 6) is -0.0106. The Hall–Kier alpha value is -3.77. The van der Waals surface area contributed by atoms with Crippen LogP contribution in [0.1, 0.15) is 10.6 Å². The van der Waals surface area contributed by atoms with E-state index < -0.39 is 5.91 Å². The van der Waals surface area contributed by atoms with Gasteiger partial charge >= 0.3 is 0 Å². The van der Waals surface area contributed by atoms with Crippen LogP contribution in [0.4, 0.5) is 5.69 Å². The van der Waals surface area contributed by atoms with E-state index in [2.05, 4.69) is 10.3 Å². The van der Waals surface area contributed by atoms with Gasteiger partial charge < -0.3 is 19.3 Å². The zero-order valence-electron chi connectivity index (χ0n) is 14.8. The van der Waals surface area contributed by atoms with Gasteiger partial charge in [-0.1, -0.05) is 29.8 Å². The van der Waals surface area contributed by atoms with Crippen molar-refractivity contribution in [2.45, 2.75) is 0 Å². The van der Waals surface area contributed by atoms with Crippen molar-refractivity contribution >= 4 is 45.3 Å². The summed E-state index contributed by atoms with van der Waals surface area (Å²) >= 11 is 5.99. The van der Waals surface area contributed by atoms with Gasteiger partial charge in [0.1, 0.15) is 16.8 Å². The molecule has 7 heteroatoms. The van der Waals surface area contributed by atoms with Crippen LogP contribution in [-0.4, -0.2) is 16.0 Å². The summed E-state index contributed by atoms with van der Waals surface area (Å²) in [5, 5.41) is 14.4. The molecular formula is C22H13ClN2O4. The van der Waals surface area contributed by atoms with E-state index in [1.807, 2.05) is 18.2 Å². The number of para-hydroxylation sites is 1. The number of furan rings is 1. The van der Waals surface area contributed by atoms with E-state index in [9.17, 15) is 9.90 Å². The lowest BCUT2D eigenvalue weighted by atomic mass is 10.1. The van der Waals surface area contributed by atoms with Gasteiger partial charge in [-0.25, -0.2) is 4.98 Å². The molecule has 1 amide bonds. The van der Waals surface area contributed by atoms with Gasteiger partial charge in [0.05, 0.1) is 5.56 Å². The van der Waals surface area contributed by atoms with Gasteiger partial charge in [-0.3, -0.25) is 4.79 Å². The number of fused-ring (bicyclic) bond motifs is 2. The van der Waals surface area contributed by atoms with Crippen LogP contribution in [0.25, 0.3) is 33.5 Å². The SMILES string of the molecule is O=C(Nc1ccc(O)c(-c2nc3cc(Cl)ccc3o2)c1)c1cc2ccccc2o1. The molecule has 0 spiro atoms. The molecular weight excluding hydrogens is 392 g/mol. The highest BCUT2D eigenvalue weighted by atomic mass is 35.5. The van der Waals surface area contributed by atoms with Gasteiger partial charge in [0.15, 0.2) is 11.3 Å². The fourth-order valence-electron chi connectivity index (χ4n) is 3.09. The molecule has 29 heavy (non-hydrogen) atoms. The van der Waals surface area contributed by atoms with Crippen molar-refractivity contribution in [3.05, 3.63) is 77.5 Å². The first-order valence-electron chi connectivity index (χ1n) is 8.76. The number of carbonyl (C=O) groups is 1. The number of benzene rings is 3. The summed E-state index contributed by atoms with van der Waals surface area (Å²) in [7, 11) is 0. The van der Waals surface area contributed by atoms with E-state index in [0.717, 1.165) is 5.39 Å². The number of amides is 1. The second kappa shape index (κ2) is 6.68. The third-order valence-corrected chi connectivity index (χ3v) is 4.72. The monoisotopic (exact) mass is 404 g/mol. The fraction of sp³-hybridized carbons (Fsp3) is 0. The summed E-state index contributed by atoms with van der Waals surface area (Å²) in [6, 6.07) is 18.8. The number of anilines is 1. The van der Waals surface area contributed by atoms with Gasteiger partial charge in [0.25, 0.3) is 5.91 Å². The number of hydrogen-bond acceptors (Lipinski definition) is 5. The lowest BCUT2D eigenvalue weighted by molar-refractivity contribution is 0.0998. The molecule has 142 valence electrons. The minimum Gasteiger partial charge on any atom is -0.507 e. The predicted octanol–water partition coefficient (Wildman–Crippen LogP) is 5.85. The van der Waals surface area contributed by atoms with Crippen LogP contribution < -0.4 is 5.32 Å². The number of nitrogens with zero attached hydrogens (tertiary/aromatic N) is 1. The first-order valence-corrected chi connectivity index (χ1v) is 9.14. The molecule has 0 bridgehead atoms. The number of nitrogens with one attached hydrogen (secondary N) is 1. The number of phenolic OH excluding ortho intramolecular Hbond substituents is 1. The molecule has 0 aliphatic rings. The Balaban J connectivity index is 1.47. The Morgan fingerprint density at radius 2 is 1.83 bits per heavy atom. The van der Waals surface area contributed by atoms with E-state index in [1.165, 1.54) is 6.07 Å². The maximum Gasteiger partial charge on any atom is 0.291 e. The van der Waals surface area contributed by atoms with Crippen molar-refractivity contribution in [2.75, 3.05) is 5.32 Å². The molecule has 5 aromatic rings. The normalized spacial score (nSPS) is 11.2. The standard InChI is InChI=1S/C22H13ClN2O4/c23-13-5-8-19-16(10-13)25-22(29-19)15-11-14(6-7-17(15)26)24-21(27)20-9-12-3-1-2-4-18(12)28-20/h1-11,26H,(H,24,27). The number of halogens is 1. The number of carbonyl (C=O) groups excluding carboxylic acids is 1. The van der Waals surface area contributed by atoms with Gasteiger partial charge in [-0.15, -0.1) is 0 Å². The fourth-order valence-corrected chi connectivity index (χ4v) is 3.25. The smallest absolute Gasteiger partial charge is 0.291 e. The second-order valence-electron chi connectivity index (χ2n) is 6.47. The number of hydrogen-bond donors (Lipinski definition) is 2. The molecule has 0 radical (unpaired) electrons. The van der Waals surface area contributed by atoms with Gasteiger partial charge in [0.2, 0.25) is 5.89 Å². The maximum absolute atomic E-state index is 12.6. The first kappa shape index (κ1) is 17.3. The van der Waals surface area contributed by atoms with Crippen LogP contribution in [0.15, 0.2) is 75.6 Å². The van der Waals surface area contributed by atoms with E-state index in [1.54, 1.807) is 42.5 Å². The number of phenols is 1. The number of oxazole rings is 1. The largest absolute Gasteiger partial charge is 0.507 e. The average molecular weight is 405 g/mol. The molecule has 0 fully saturated rings. The quantitative estimate of drug-likeness (QED) is 0.368. The molecule has 2 N–H and O–H groups in total. The lowest BCUT2D eigenvalue weighted by Crippen LogP contribution is -2.10. The Kier molecular flexibility index (Phi) is 4.00. The third kappa shape index (κ3) is 3.19. The summed E-state index contributed by atoms with van der Waals surface area (Å²) < 4.78 is 11.3. The molecule has 5 rings (SSSR count). The Labute approximate surface area is 169 Å². The Morgan fingerprint density at radius 3 is 2.69 bits per heavy atom. The summed E-state index contributed by atoms with van der Waals surface area (Å²) in [4.78, 5) is 16.9. The molecule has 2 heterocycles. The van der Waals surface area contributed by atoms with Crippen molar-refractivity contribution in [2.24, 2.45) is 0 Å². The van der Waals surface area contributed by atoms with Gasteiger partial charge in [0, 0.05) is 16.1 Å². The lowest BCUT2D eigenvalue weighted by Gasteiger charge is -2.06. The number of aromatic hydroxyl groups is 1. The predicted molar refractivity (Wildman–Crippen MR) is 110 cm³/mol. The topological polar surface area (TPSA) is 88.5 Å². The van der Waals surface area contributed by atoms with Crippen molar-refractivity contribution in [1.82, 2.24) is 4.98 Å². The van der Waals surface area contributed by atoms with E-state index in [4.69, 9.17) is 20.4 Å². The van der Waals surface area contributed by atoms with E-state index in [0.29, 0.717) is 33.0 Å². The van der Waals surface area contributed by atoms with Crippen molar-refractivity contribution in [3.63, 3.8) is 0 Å². The molecule has 3 aromatic carbocycles. The molecule has 0 aliphatic carbocycles. The maximum atomic E-state index is 12.6. The highest BCUT2D eigenvalue weighted by Crippen LogP contribution is 2.34. The highest BCUT2D eigenvalue weighted by Gasteiger charge is 2.16. The van der Waals surface area contributed by atoms with Crippen molar-refractivity contribution in [1.29, 1.82) is 0 Å². The molecule has 2 aromatic heterocycles. The molecule has 0 atom stereocenters. The van der Waals surface area contributed by atoms with Crippen LogP contribution in [0, 0.1) is 0 Å². The van der Waals surface area contributed by atoms with Gasteiger partial charge in [-0.05, 0) is 48.5 Å². The summed E-state index contributed by atoms with van der Waals surface area (Å²) in [6.07, 6.45) is 0. The minimum atomic E-state index is -0.401. The summed E-state index contributed by atoms with van der Waals surface area (Å²) in [5.41, 5.74) is 2.56. The molecule has 6 nitrogen and oxygen atoms in total. The zero-order valence-corrected chi connectivity index (χ0v) is 15.6. The molecule has 0 saturated carbocycles. The summed E-state index contributed by atoms with van der Waals surface area (Å²) in [6.45, 7) is 0. The van der Waals surface area contributed by atoms with Crippen LogP contribution in [0.3, 0.4) is 0 Å². The third-order valence-electron chi connectivity index (χ3n) is 4.48. The minimum absolute atomic E-state index is 0.0237. The van der Waals surface area contributed by atoms with Crippen LogP contribution >= 0.6 is 11.6 Å². The van der Waals surface area contributed by atoms with Crippen LogP contribution in [0.2, 0.25) is 5.02 Å². The van der Waals surface area contributed by atoms with Crippen LogP contribution in [0.5, 0.6) is 5.75 Å². The van der Waals surface area contributed by atoms with E-state index in [-0.39, 0.29) is 17.4 Å². The Bertz CT molecular complexity index is 1350. The van der Waals surface area contributed by atoms with Gasteiger partial charge in [-0.2, -0.15) is 0 Å². The molecule has 0 unspecified atom stereocenters. The zero-order chi connectivity index (χ0) is 20.0. The highest BCUT2D eigenvalue weighted by molar-refractivity contribution is 6.31. The number of aromatic nitrogens is 1. The molecule has 0 saturated heterocycles. The molecule has 0 aliphatic heterocycles. The van der Waals surface area contributed by atoms with Crippen molar-refractivity contribution < 1.29 is 18.7 Å².